The Kier molecular flexibility index (Phi) is 10.1. The zero-order chi connectivity index (χ0) is 29.0. The van der Waals surface area contributed by atoms with Crippen LogP contribution in [0.2, 0.25) is 0 Å². The quantitative estimate of drug-likeness (QED) is 0.230. The number of esters is 1. The van der Waals surface area contributed by atoms with Gasteiger partial charge in [0, 0.05) is 37.1 Å². The topological polar surface area (TPSA) is 96.0 Å². The van der Waals surface area contributed by atoms with Gasteiger partial charge in [-0.05, 0) is 60.9 Å². The van der Waals surface area contributed by atoms with Crippen molar-refractivity contribution in [3.8, 4) is 0 Å². The van der Waals surface area contributed by atoms with Crippen LogP contribution in [0.3, 0.4) is 0 Å². The van der Waals surface area contributed by atoms with Crippen LogP contribution in [0.5, 0.6) is 0 Å². The lowest BCUT2D eigenvalue weighted by atomic mass is 10.0. The van der Waals surface area contributed by atoms with E-state index in [9.17, 15) is 18.0 Å². The number of hydrogen-bond acceptors (Lipinski definition) is 7. The predicted molar refractivity (Wildman–Crippen MR) is 168 cm³/mol. The second kappa shape index (κ2) is 13.5. The molecule has 220 valence electrons. The molecule has 0 unspecified atom stereocenters. The number of amides is 1. The van der Waals surface area contributed by atoms with Gasteiger partial charge >= 0.3 is 5.97 Å². The van der Waals surface area contributed by atoms with Crippen LogP contribution in [0.1, 0.15) is 43.6 Å². The molecule has 0 bridgehead atoms. The molecular formula is C31H32ClN3O5S2. The van der Waals surface area contributed by atoms with Gasteiger partial charge in [-0.25, -0.2) is 13.2 Å². The maximum atomic E-state index is 13.3. The number of sulfonamides is 1. The third kappa shape index (κ3) is 6.68. The molecule has 0 aliphatic carbocycles. The summed E-state index contributed by atoms with van der Waals surface area (Å²) < 4.78 is 32.8. The molecule has 1 amide bonds. The molecule has 0 fully saturated rings. The first-order valence-electron chi connectivity index (χ1n) is 13.3. The normalized spacial score (nSPS) is 13.0. The highest BCUT2D eigenvalue weighted by Gasteiger charge is 2.30. The maximum absolute atomic E-state index is 13.3. The molecule has 3 aromatic carbocycles. The van der Waals surface area contributed by atoms with E-state index in [-0.39, 0.29) is 29.5 Å². The van der Waals surface area contributed by atoms with Gasteiger partial charge in [-0.15, -0.1) is 23.7 Å². The van der Waals surface area contributed by atoms with Crippen molar-refractivity contribution in [2.45, 2.75) is 31.3 Å². The molecule has 0 atom stereocenters. The Morgan fingerprint density at radius 3 is 2.26 bits per heavy atom. The van der Waals surface area contributed by atoms with Crippen molar-refractivity contribution in [2.24, 2.45) is 0 Å². The fourth-order valence-corrected chi connectivity index (χ4v) is 7.30. The third-order valence-electron chi connectivity index (χ3n) is 6.99. The van der Waals surface area contributed by atoms with Gasteiger partial charge in [0.25, 0.3) is 15.9 Å². The van der Waals surface area contributed by atoms with E-state index in [0.29, 0.717) is 29.2 Å². The van der Waals surface area contributed by atoms with Crippen LogP contribution in [-0.4, -0.2) is 45.4 Å². The second-order valence-corrected chi connectivity index (χ2v) is 12.7. The van der Waals surface area contributed by atoms with Crippen molar-refractivity contribution in [3.05, 3.63) is 112 Å². The third-order valence-corrected chi connectivity index (χ3v) is 9.92. The van der Waals surface area contributed by atoms with E-state index in [1.807, 2.05) is 24.3 Å². The van der Waals surface area contributed by atoms with Gasteiger partial charge < -0.3 is 10.1 Å². The number of rotatable bonds is 9. The van der Waals surface area contributed by atoms with E-state index in [4.69, 9.17) is 4.74 Å². The molecule has 42 heavy (non-hydrogen) atoms. The van der Waals surface area contributed by atoms with Gasteiger partial charge in [0.2, 0.25) is 0 Å². The zero-order valence-corrected chi connectivity index (χ0v) is 25.7. The van der Waals surface area contributed by atoms with E-state index in [1.165, 1.54) is 52.5 Å². The number of benzene rings is 3. The standard InChI is InChI=1S/C31H31N3O5S2.ClH/c1-3-39-31(36)28-26-18-19-34(20-22-10-6-4-7-11-22)21-27(26)40-30(28)32-29(35)23-14-16-25(17-15-23)41(37,38)33(2)24-12-8-5-9-13-24;/h4-17H,3,18-21H2,1-2H3,(H,32,35);1H. The van der Waals surface area contributed by atoms with Crippen LogP contribution in [-0.2, 0) is 34.3 Å². The molecule has 1 aromatic heterocycles. The van der Waals surface area contributed by atoms with Crippen LogP contribution in [0.15, 0.2) is 89.8 Å². The molecular weight excluding hydrogens is 594 g/mol. The molecule has 2 heterocycles. The number of hydrogen-bond donors (Lipinski definition) is 1. The minimum Gasteiger partial charge on any atom is -0.462 e. The minimum atomic E-state index is -3.81. The number of carbonyl (C=O) groups is 2. The second-order valence-electron chi connectivity index (χ2n) is 9.66. The summed E-state index contributed by atoms with van der Waals surface area (Å²) in [6, 6.07) is 24.8. The average Bonchev–Trinajstić information content (AvgIpc) is 3.35. The minimum absolute atomic E-state index is 0. The summed E-state index contributed by atoms with van der Waals surface area (Å²) >= 11 is 1.39. The highest BCUT2D eigenvalue weighted by Crippen LogP contribution is 2.38. The van der Waals surface area contributed by atoms with Gasteiger partial charge in [-0.3, -0.25) is 14.0 Å². The van der Waals surface area contributed by atoms with Crippen molar-refractivity contribution >= 4 is 56.3 Å². The summed E-state index contributed by atoms with van der Waals surface area (Å²) in [5, 5.41) is 3.34. The number of fused-ring (bicyclic) bond motifs is 1. The SMILES string of the molecule is CCOC(=O)c1c(NC(=O)c2ccc(S(=O)(=O)N(C)c3ccccc3)cc2)sc2c1CCN(Cc1ccccc1)C2.Cl. The fourth-order valence-electron chi connectivity index (χ4n) is 4.83. The molecule has 8 nitrogen and oxygen atoms in total. The molecule has 1 aliphatic rings. The van der Waals surface area contributed by atoms with Gasteiger partial charge in [0.05, 0.1) is 22.8 Å². The number of anilines is 2. The number of ether oxygens (including phenoxy) is 1. The lowest BCUT2D eigenvalue weighted by Crippen LogP contribution is -2.29. The molecule has 1 N–H and O–H groups in total. The summed E-state index contributed by atoms with van der Waals surface area (Å²) in [7, 11) is -2.32. The number of halogens is 1. The smallest absolute Gasteiger partial charge is 0.341 e. The summed E-state index contributed by atoms with van der Waals surface area (Å²) in [4.78, 5) is 29.6. The number of thiophene rings is 1. The Balaban J connectivity index is 0.00000405. The van der Waals surface area contributed by atoms with Crippen LogP contribution in [0.25, 0.3) is 0 Å². The Bertz CT molecular complexity index is 1640. The van der Waals surface area contributed by atoms with Gasteiger partial charge in [0.1, 0.15) is 5.00 Å². The van der Waals surface area contributed by atoms with E-state index in [2.05, 4.69) is 22.3 Å². The fraction of sp³-hybridized carbons (Fsp3) is 0.226. The summed E-state index contributed by atoms with van der Waals surface area (Å²) in [6.45, 7) is 4.22. The van der Waals surface area contributed by atoms with E-state index in [0.717, 1.165) is 23.5 Å². The number of nitrogens with zero attached hydrogens (tertiary/aromatic N) is 2. The van der Waals surface area contributed by atoms with Crippen LogP contribution < -0.4 is 9.62 Å². The first-order chi connectivity index (χ1) is 19.8. The Hall–Kier alpha value is -3.70. The molecule has 0 saturated carbocycles. The molecule has 11 heteroatoms. The van der Waals surface area contributed by atoms with E-state index < -0.39 is 21.9 Å². The molecule has 4 aromatic rings. The van der Waals surface area contributed by atoms with Crippen molar-refractivity contribution in [3.63, 3.8) is 0 Å². The van der Waals surface area contributed by atoms with Gasteiger partial charge in [-0.1, -0.05) is 48.5 Å². The van der Waals surface area contributed by atoms with Gasteiger partial charge in [0.15, 0.2) is 0 Å². The van der Waals surface area contributed by atoms with Crippen molar-refractivity contribution in [1.82, 2.24) is 4.90 Å². The van der Waals surface area contributed by atoms with Gasteiger partial charge in [-0.2, -0.15) is 0 Å². The predicted octanol–water partition coefficient (Wildman–Crippen LogP) is 5.98. The van der Waals surface area contributed by atoms with Crippen molar-refractivity contribution < 1.29 is 22.7 Å². The largest absolute Gasteiger partial charge is 0.462 e. The molecule has 5 rings (SSSR count). The van der Waals surface area contributed by atoms with Crippen molar-refractivity contribution in [2.75, 3.05) is 29.8 Å². The first-order valence-corrected chi connectivity index (χ1v) is 15.6. The highest BCUT2D eigenvalue weighted by molar-refractivity contribution is 7.92. The number of nitrogens with one attached hydrogen (secondary N) is 1. The van der Waals surface area contributed by atoms with Crippen LogP contribution in [0, 0.1) is 0 Å². The monoisotopic (exact) mass is 625 g/mol. The maximum Gasteiger partial charge on any atom is 0.341 e. The summed E-state index contributed by atoms with van der Waals surface area (Å²) in [5.41, 5.74) is 3.34. The average molecular weight is 626 g/mol. The summed E-state index contributed by atoms with van der Waals surface area (Å²) in [6.07, 6.45) is 0.671. The number of carbonyl (C=O) groups excluding carboxylic acids is 2. The number of para-hydroxylation sites is 1. The molecule has 0 radical (unpaired) electrons. The van der Waals surface area contributed by atoms with Crippen LogP contribution >= 0.6 is 23.7 Å². The Morgan fingerprint density at radius 1 is 0.976 bits per heavy atom. The van der Waals surface area contributed by atoms with E-state index >= 15 is 0 Å². The van der Waals surface area contributed by atoms with Crippen molar-refractivity contribution in [1.29, 1.82) is 0 Å². The first kappa shape index (κ1) is 31.2. The lowest BCUT2D eigenvalue weighted by Gasteiger charge is -2.27. The summed E-state index contributed by atoms with van der Waals surface area (Å²) in [5.74, 6) is -0.891. The zero-order valence-electron chi connectivity index (χ0n) is 23.3. The highest BCUT2D eigenvalue weighted by atomic mass is 35.5. The molecule has 0 spiro atoms. The Morgan fingerprint density at radius 2 is 1.62 bits per heavy atom. The van der Waals surface area contributed by atoms with Crippen LogP contribution in [0.4, 0.5) is 10.7 Å². The lowest BCUT2D eigenvalue weighted by molar-refractivity contribution is 0.0526. The van der Waals surface area contributed by atoms with E-state index in [1.54, 1.807) is 31.2 Å². The molecule has 1 aliphatic heterocycles. The Labute approximate surface area is 256 Å². The molecule has 0 saturated heterocycles.